The Bertz CT molecular complexity index is 918. The monoisotopic (exact) mass is 456 g/mol. The Morgan fingerprint density at radius 1 is 1.00 bits per heavy atom. The SMILES string of the molecule is CCN1CCN(c2ccc(CNC(=O)CCC(=O)CCC(=O)c3ccc(C)s3)cn2)CC1. The lowest BCUT2D eigenvalue weighted by atomic mass is 10.1. The largest absolute Gasteiger partial charge is 0.354 e. The summed E-state index contributed by atoms with van der Waals surface area (Å²) < 4.78 is 0. The fourth-order valence-corrected chi connectivity index (χ4v) is 4.46. The average molecular weight is 457 g/mol. The number of hydrogen-bond acceptors (Lipinski definition) is 7. The Labute approximate surface area is 193 Å². The lowest BCUT2D eigenvalue weighted by molar-refractivity contribution is -0.125. The van der Waals surface area contributed by atoms with Crippen LogP contribution < -0.4 is 10.2 Å². The maximum Gasteiger partial charge on any atom is 0.220 e. The summed E-state index contributed by atoms with van der Waals surface area (Å²) in [6.45, 7) is 9.66. The quantitative estimate of drug-likeness (QED) is 0.523. The number of ketones is 2. The molecule has 0 atom stereocenters. The van der Waals surface area contributed by atoms with Gasteiger partial charge in [0.15, 0.2) is 5.78 Å². The minimum absolute atomic E-state index is 0.0101. The minimum Gasteiger partial charge on any atom is -0.354 e. The molecule has 0 radical (unpaired) electrons. The third kappa shape index (κ3) is 7.24. The van der Waals surface area contributed by atoms with Crippen LogP contribution in [0.5, 0.6) is 0 Å². The fourth-order valence-electron chi connectivity index (χ4n) is 3.63. The summed E-state index contributed by atoms with van der Waals surface area (Å²) in [6, 6.07) is 7.69. The molecule has 0 aromatic carbocycles. The number of aromatic nitrogens is 1. The first kappa shape index (κ1) is 24.1. The molecule has 1 fully saturated rings. The van der Waals surface area contributed by atoms with E-state index in [0.717, 1.165) is 49.0 Å². The fraction of sp³-hybridized carbons (Fsp3) is 0.500. The van der Waals surface area contributed by atoms with E-state index in [0.29, 0.717) is 11.4 Å². The zero-order valence-electron chi connectivity index (χ0n) is 18.9. The lowest BCUT2D eigenvalue weighted by Crippen LogP contribution is -2.46. The Morgan fingerprint density at radius 2 is 1.75 bits per heavy atom. The van der Waals surface area contributed by atoms with Crippen molar-refractivity contribution in [3.05, 3.63) is 45.8 Å². The van der Waals surface area contributed by atoms with E-state index >= 15 is 0 Å². The van der Waals surface area contributed by atoms with Crippen LogP contribution in [0.25, 0.3) is 0 Å². The van der Waals surface area contributed by atoms with Crippen LogP contribution >= 0.6 is 11.3 Å². The number of likely N-dealkylation sites (N-methyl/N-ethyl adjacent to an activating group) is 1. The highest BCUT2D eigenvalue weighted by Crippen LogP contribution is 2.18. The van der Waals surface area contributed by atoms with Crippen molar-refractivity contribution in [3.63, 3.8) is 0 Å². The van der Waals surface area contributed by atoms with E-state index in [1.165, 1.54) is 11.3 Å². The molecule has 0 aliphatic carbocycles. The number of nitrogens with zero attached hydrogens (tertiary/aromatic N) is 3. The number of hydrogen-bond donors (Lipinski definition) is 1. The molecule has 3 heterocycles. The smallest absolute Gasteiger partial charge is 0.220 e. The van der Waals surface area contributed by atoms with Gasteiger partial charge in [-0.15, -0.1) is 11.3 Å². The number of rotatable bonds is 11. The maximum atomic E-state index is 12.1. The van der Waals surface area contributed by atoms with Gasteiger partial charge in [0.25, 0.3) is 0 Å². The predicted octanol–water partition coefficient (Wildman–Crippen LogP) is 3.22. The third-order valence-electron chi connectivity index (χ3n) is 5.72. The Kier molecular flexibility index (Phi) is 8.93. The summed E-state index contributed by atoms with van der Waals surface area (Å²) in [5, 5.41) is 2.84. The van der Waals surface area contributed by atoms with E-state index in [4.69, 9.17) is 0 Å². The average Bonchev–Trinajstić information content (AvgIpc) is 3.26. The van der Waals surface area contributed by atoms with E-state index in [1.807, 2.05) is 25.1 Å². The number of carbonyl (C=O) groups is 3. The van der Waals surface area contributed by atoms with E-state index in [9.17, 15) is 14.4 Å². The van der Waals surface area contributed by atoms with Crippen LogP contribution in [-0.4, -0.2) is 60.1 Å². The van der Waals surface area contributed by atoms with Crippen molar-refractivity contribution in [1.82, 2.24) is 15.2 Å². The first-order valence-corrected chi connectivity index (χ1v) is 12.1. The molecule has 1 saturated heterocycles. The van der Waals surface area contributed by atoms with Gasteiger partial charge < -0.3 is 15.1 Å². The number of piperazine rings is 1. The Morgan fingerprint density at radius 3 is 2.38 bits per heavy atom. The van der Waals surface area contributed by atoms with Crippen molar-refractivity contribution in [3.8, 4) is 0 Å². The van der Waals surface area contributed by atoms with Crippen molar-refractivity contribution in [1.29, 1.82) is 0 Å². The number of amides is 1. The van der Waals surface area contributed by atoms with Crippen LogP contribution in [0.15, 0.2) is 30.5 Å². The van der Waals surface area contributed by atoms with Crippen molar-refractivity contribution >= 4 is 34.6 Å². The number of anilines is 1. The van der Waals surface area contributed by atoms with Crippen LogP contribution in [0.4, 0.5) is 5.82 Å². The highest BCUT2D eigenvalue weighted by Gasteiger charge is 2.17. The van der Waals surface area contributed by atoms with Gasteiger partial charge >= 0.3 is 0 Å². The molecule has 32 heavy (non-hydrogen) atoms. The topological polar surface area (TPSA) is 82.6 Å². The minimum atomic E-state index is -0.168. The molecule has 1 aliphatic heterocycles. The first-order valence-electron chi connectivity index (χ1n) is 11.2. The molecule has 8 heteroatoms. The lowest BCUT2D eigenvalue weighted by Gasteiger charge is -2.34. The van der Waals surface area contributed by atoms with Crippen LogP contribution in [-0.2, 0) is 16.1 Å². The second-order valence-corrected chi connectivity index (χ2v) is 9.38. The van der Waals surface area contributed by atoms with Gasteiger partial charge in [-0.1, -0.05) is 13.0 Å². The number of carbonyl (C=O) groups excluding carboxylic acids is 3. The Balaban J connectivity index is 1.33. The van der Waals surface area contributed by atoms with Gasteiger partial charge in [0.1, 0.15) is 11.6 Å². The van der Waals surface area contributed by atoms with Gasteiger partial charge in [0, 0.05) is 69.5 Å². The summed E-state index contributed by atoms with van der Waals surface area (Å²) in [4.78, 5) is 47.2. The van der Waals surface area contributed by atoms with Gasteiger partial charge in [-0.2, -0.15) is 0 Å². The van der Waals surface area contributed by atoms with Crippen molar-refractivity contribution in [2.24, 2.45) is 0 Å². The van der Waals surface area contributed by atoms with Crippen LogP contribution in [0.2, 0.25) is 0 Å². The van der Waals surface area contributed by atoms with E-state index < -0.39 is 0 Å². The molecular formula is C24H32N4O3S. The number of thiophene rings is 1. The summed E-state index contributed by atoms with van der Waals surface area (Å²) in [6.07, 6.45) is 2.47. The van der Waals surface area contributed by atoms with Crippen molar-refractivity contribution < 1.29 is 14.4 Å². The van der Waals surface area contributed by atoms with Gasteiger partial charge in [-0.25, -0.2) is 4.98 Å². The summed E-state index contributed by atoms with van der Waals surface area (Å²) in [7, 11) is 0. The van der Waals surface area contributed by atoms with E-state index in [-0.39, 0.29) is 43.2 Å². The zero-order valence-corrected chi connectivity index (χ0v) is 19.7. The maximum absolute atomic E-state index is 12.1. The molecule has 3 rings (SSSR count). The van der Waals surface area contributed by atoms with E-state index in [1.54, 1.807) is 12.3 Å². The molecule has 0 unspecified atom stereocenters. The molecule has 2 aromatic rings. The number of pyridine rings is 1. The van der Waals surface area contributed by atoms with Crippen LogP contribution in [0, 0.1) is 6.92 Å². The second-order valence-electron chi connectivity index (χ2n) is 8.09. The highest BCUT2D eigenvalue weighted by atomic mass is 32.1. The standard InChI is InChI=1S/C24H32N4O3S/c1-3-27-12-14-28(15-13-27)23-10-5-19(16-25-23)17-26-24(31)11-7-20(29)6-8-21(30)22-9-4-18(2)32-22/h4-5,9-10,16H,3,6-8,11-15,17H2,1-2H3,(H,26,31). The first-order chi connectivity index (χ1) is 15.4. The van der Waals surface area contributed by atoms with Gasteiger partial charge in [0.2, 0.25) is 5.91 Å². The van der Waals surface area contributed by atoms with Gasteiger partial charge in [0.05, 0.1) is 4.88 Å². The van der Waals surface area contributed by atoms with E-state index in [2.05, 4.69) is 27.0 Å². The number of Topliss-reactive ketones (excluding diaryl/α,β-unsaturated/α-hetero) is 2. The summed E-state index contributed by atoms with van der Waals surface area (Å²) >= 11 is 1.45. The summed E-state index contributed by atoms with van der Waals surface area (Å²) in [5.41, 5.74) is 0.928. The highest BCUT2D eigenvalue weighted by molar-refractivity contribution is 7.14. The molecule has 1 aliphatic rings. The molecule has 2 aromatic heterocycles. The molecule has 1 amide bonds. The summed E-state index contributed by atoms with van der Waals surface area (Å²) in [5.74, 6) is 0.729. The number of nitrogens with one attached hydrogen (secondary N) is 1. The normalized spacial score (nSPS) is 14.4. The molecule has 0 saturated carbocycles. The second kappa shape index (κ2) is 11.9. The van der Waals surface area contributed by atoms with Gasteiger partial charge in [-0.05, 0) is 37.2 Å². The van der Waals surface area contributed by atoms with Crippen molar-refractivity contribution in [2.75, 3.05) is 37.6 Å². The molecular weight excluding hydrogens is 424 g/mol. The molecule has 1 N–H and O–H groups in total. The molecule has 7 nitrogen and oxygen atoms in total. The van der Waals surface area contributed by atoms with Crippen molar-refractivity contribution in [2.45, 2.75) is 46.1 Å². The third-order valence-corrected chi connectivity index (χ3v) is 6.76. The Hall–Kier alpha value is -2.58. The zero-order chi connectivity index (χ0) is 22.9. The number of aryl methyl sites for hydroxylation is 1. The predicted molar refractivity (Wildman–Crippen MR) is 127 cm³/mol. The molecule has 0 spiro atoms. The van der Waals surface area contributed by atoms with Gasteiger partial charge in [-0.3, -0.25) is 14.4 Å². The molecule has 0 bridgehead atoms. The van der Waals surface area contributed by atoms with Crippen LogP contribution in [0.3, 0.4) is 0 Å². The van der Waals surface area contributed by atoms with Crippen LogP contribution in [0.1, 0.15) is 52.7 Å². The molecule has 172 valence electrons.